The zero-order valence-corrected chi connectivity index (χ0v) is 17.9. The van der Waals surface area contributed by atoms with Crippen LogP contribution in [0.1, 0.15) is 57.4 Å². The minimum Gasteiger partial charge on any atom is -0.318 e. The van der Waals surface area contributed by atoms with Crippen LogP contribution in [0, 0.1) is 11.8 Å². The van der Waals surface area contributed by atoms with Gasteiger partial charge in [-0.2, -0.15) is 4.48 Å². The van der Waals surface area contributed by atoms with Crippen LogP contribution < -0.4 is 5.73 Å². The number of nitrogens with two attached hydrogens (primary N) is 1. The third kappa shape index (κ3) is 4.90. The van der Waals surface area contributed by atoms with Crippen molar-refractivity contribution in [3.63, 3.8) is 0 Å². The summed E-state index contributed by atoms with van der Waals surface area (Å²) in [7, 11) is 0. The molecule has 1 unspecified atom stereocenters. The second-order valence-electron chi connectivity index (χ2n) is 8.81. The third-order valence-corrected chi connectivity index (χ3v) is 6.87. The number of urea groups is 1. The van der Waals surface area contributed by atoms with Gasteiger partial charge in [0.25, 0.3) is 0 Å². The topological polar surface area (TPSA) is 89.7 Å². The summed E-state index contributed by atoms with van der Waals surface area (Å²) in [6, 6.07) is 8.87. The summed E-state index contributed by atoms with van der Waals surface area (Å²) in [5.41, 5.74) is 6.71. The van der Waals surface area contributed by atoms with E-state index in [0.717, 1.165) is 31.2 Å². The van der Waals surface area contributed by atoms with E-state index in [1.54, 1.807) is 0 Å². The molecule has 2 aliphatic rings. The number of hydroxylamine groups is 2. The van der Waals surface area contributed by atoms with Crippen LogP contribution in [0.2, 0.25) is 0 Å². The number of benzene rings is 1. The number of nitrogens with zero attached hydrogens (tertiary/aromatic N) is 2. The smallest absolute Gasteiger partial charge is 0.318 e. The standard InChI is InChI=1S/C23H33N3O4/c1-18-8-7-13-26(18,23(24)29)22(28)21(14-19-9-5-6-10-19)15-25(17-27)30-16-20-11-3-2-4-12-20/h2-4,11-12,17-19,21H,5-10,13-16H2,1H3,(H-,24,29)/p+1/t18-,21-,26?/m1/s1. The Morgan fingerprint density at radius 2 is 1.90 bits per heavy atom. The molecular formula is C23H34N3O4+. The molecule has 0 radical (unpaired) electrons. The Morgan fingerprint density at radius 1 is 1.20 bits per heavy atom. The maximum Gasteiger partial charge on any atom is 0.421 e. The Morgan fingerprint density at radius 3 is 2.47 bits per heavy atom. The monoisotopic (exact) mass is 416 g/mol. The van der Waals surface area contributed by atoms with Crippen molar-refractivity contribution < 1.29 is 23.7 Å². The number of likely N-dealkylation sites (tertiary alicyclic amines) is 1. The molecule has 30 heavy (non-hydrogen) atoms. The first-order valence-corrected chi connectivity index (χ1v) is 11.1. The van der Waals surface area contributed by atoms with Crippen LogP contribution in [-0.2, 0) is 21.0 Å². The lowest BCUT2D eigenvalue weighted by Crippen LogP contribution is -2.64. The predicted molar refractivity (Wildman–Crippen MR) is 112 cm³/mol. The minimum absolute atomic E-state index is 0.129. The lowest BCUT2D eigenvalue weighted by Gasteiger charge is -2.35. The molecule has 1 aromatic carbocycles. The van der Waals surface area contributed by atoms with E-state index in [9.17, 15) is 14.4 Å². The molecule has 164 valence electrons. The molecule has 0 spiro atoms. The van der Waals surface area contributed by atoms with Crippen molar-refractivity contribution in [3.05, 3.63) is 35.9 Å². The van der Waals surface area contributed by atoms with Crippen LogP contribution in [0.3, 0.4) is 0 Å². The highest BCUT2D eigenvalue weighted by Crippen LogP contribution is 2.35. The SMILES string of the molecule is C[C@@H]1CCC[N+]1(C(N)=O)C(=O)[C@H](CC1CCCC1)CN(C=O)OCc1ccccc1. The summed E-state index contributed by atoms with van der Waals surface area (Å²) in [5, 5.41) is 1.21. The summed E-state index contributed by atoms with van der Waals surface area (Å²) in [4.78, 5) is 43.6. The number of carbonyl (C=O) groups excluding carboxylic acids is 3. The Hall–Kier alpha value is -2.25. The molecule has 1 aromatic rings. The Balaban J connectivity index is 1.76. The van der Waals surface area contributed by atoms with Gasteiger partial charge in [-0.05, 0) is 24.8 Å². The van der Waals surface area contributed by atoms with E-state index < -0.39 is 11.9 Å². The Bertz CT molecular complexity index is 735. The van der Waals surface area contributed by atoms with E-state index in [4.69, 9.17) is 10.6 Å². The molecule has 2 N–H and O–H groups in total. The van der Waals surface area contributed by atoms with Crippen molar-refractivity contribution >= 4 is 18.3 Å². The van der Waals surface area contributed by atoms with Gasteiger partial charge in [-0.1, -0.05) is 56.0 Å². The van der Waals surface area contributed by atoms with Gasteiger partial charge in [0, 0.05) is 12.8 Å². The van der Waals surface area contributed by atoms with Gasteiger partial charge in [-0.3, -0.25) is 9.63 Å². The van der Waals surface area contributed by atoms with E-state index in [0.29, 0.717) is 25.3 Å². The Labute approximate surface area is 178 Å². The van der Waals surface area contributed by atoms with Gasteiger partial charge in [0.1, 0.15) is 12.6 Å². The minimum atomic E-state index is -0.579. The second kappa shape index (κ2) is 10.2. The van der Waals surface area contributed by atoms with Crippen LogP contribution in [0.15, 0.2) is 30.3 Å². The van der Waals surface area contributed by atoms with Crippen LogP contribution in [0.4, 0.5) is 4.79 Å². The molecule has 0 aromatic heterocycles. The summed E-state index contributed by atoms with van der Waals surface area (Å²) in [6.07, 6.45) is 7.39. The molecule has 1 aliphatic heterocycles. The first-order valence-electron chi connectivity index (χ1n) is 11.1. The normalized spacial score (nSPS) is 25.2. The average molecular weight is 417 g/mol. The van der Waals surface area contributed by atoms with Crippen molar-refractivity contribution in [2.75, 3.05) is 13.1 Å². The molecule has 0 bridgehead atoms. The molecule has 7 nitrogen and oxygen atoms in total. The van der Waals surface area contributed by atoms with Crippen LogP contribution in [0.25, 0.3) is 0 Å². The first-order chi connectivity index (χ1) is 14.5. The van der Waals surface area contributed by atoms with Crippen molar-refractivity contribution in [1.29, 1.82) is 0 Å². The van der Waals surface area contributed by atoms with Gasteiger partial charge in [-0.15, -0.1) is 0 Å². The molecular weight excluding hydrogens is 382 g/mol. The molecule has 7 heteroatoms. The summed E-state index contributed by atoms with van der Waals surface area (Å²) >= 11 is 0. The predicted octanol–water partition coefficient (Wildman–Crippen LogP) is 3.38. The molecule has 4 amide bonds. The number of hydrogen-bond donors (Lipinski definition) is 1. The molecule has 2 fully saturated rings. The second-order valence-corrected chi connectivity index (χ2v) is 8.81. The quantitative estimate of drug-likeness (QED) is 0.380. The maximum absolute atomic E-state index is 13.7. The molecule has 1 heterocycles. The van der Waals surface area contributed by atoms with Gasteiger partial charge in [-0.25, -0.2) is 14.7 Å². The summed E-state index contributed by atoms with van der Waals surface area (Å²) < 4.78 is -0.303. The number of carbonyl (C=O) groups is 3. The van der Waals surface area contributed by atoms with E-state index >= 15 is 0 Å². The van der Waals surface area contributed by atoms with E-state index in [2.05, 4.69) is 0 Å². The van der Waals surface area contributed by atoms with Gasteiger partial charge < -0.3 is 5.73 Å². The third-order valence-electron chi connectivity index (χ3n) is 6.87. The van der Waals surface area contributed by atoms with Crippen molar-refractivity contribution in [2.45, 2.75) is 64.5 Å². The molecule has 1 saturated heterocycles. The van der Waals surface area contributed by atoms with Gasteiger partial charge >= 0.3 is 11.9 Å². The van der Waals surface area contributed by atoms with Crippen LogP contribution in [0.5, 0.6) is 0 Å². The van der Waals surface area contributed by atoms with Gasteiger partial charge in [0.05, 0.1) is 19.0 Å². The molecule has 1 saturated carbocycles. The number of hydrogen-bond acceptors (Lipinski definition) is 4. The number of imide groups is 1. The van der Waals surface area contributed by atoms with E-state index in [-0.39, 0.29) is 29.6 Å². The maximum atomic E-state index is 13.7. The highest BCUT2D eigenvalue weighted by atomic mass is 16.7. The lowest BCUT2D eigenvalue weighted by atomic mass is 9.91. The number of rotatable bonds is 9. The molecule has 1 aliphatic carbocycles. The zero-order valence-electron chi connectivity index (χ0n) is 17.9. The zero-order chi connectivity index (χ0) is 21.6. The number of amides is 4. The lowest BCUT2D eigenvalue weighted by molar-refractivity contribution is -0.785. The number of quaternary nitrogens is 1. The van der Waals surface area contributed by atoms with Crippen molar-refractivity contribution in [1.82, 2.24) is 5.06 Å². The summed E-state index contributed by atoms with van der Waals surface area (Å²) in [5.74, 6) is -0.191. The van der Waals surface area contributed by atoms with Gasteiger partial charge in [0.2, 0.25) is 6.41 Å². The fourth-order valence-corrected chi connectivity index (χ4v) is 5.14. The Kier molecular flexibility index (Phi) is 7.61. The first kappa shape index (κ1) is 22.4. The van der Waals surface area contributed by atoms with Crippen molar-refractivity contribution in [3.8, 4) is 0 Å². The average Bonchev–Trinajstić information content (AvgIpc) is 3.40. The van der Waals surface area contributed by atoms with Gasteiger partial charge in [0.15, 0.2) is 0 Å². The van der Waals surface area contributed by atoms with E-state index in [1.807, 2.05) is 37.3 Å². The number of primary amides is 1. The highest BCUT2D eigenvalue weighted by Gasteiger charge is 2.54. The largest absolute Gasteiger partial charge is 0.421 e. The highest BCUT2D eigenvalue weighted by molar-refractivity contribution is 5.85. The van der Waals surface area contributed by atoms with Crippen molar-refractivity contribution in [2.24, 2.45) is 17.6 Å². The van der Waals surface area contributed by atoms with Crippen LogP contribution in [-0.4, -0.2) is 47.0 Å². The van der Waals surface area contributed by atoms with E-state index in [1.165, 1.54) is 17.9 Å². The molecule has 3 atom stereocenters. The van der Waals surface area contributed by atoms with Crippen LogP contribution >= 0.6 is 0 Å². The molecule has 3 rings (SSSR count). The summed E-state index contributed by atoms with van der Waals surface area (Å²) in [6.45, 7) is 2.76. The fourth-order valence-electron chi connectivity index (χ4n) is 5.14. The fraction of sp³-hybridized carbons (Fsp3) is 0.609.